The maximum absolute atomic E-state index is 13.8. The molecule has 0 aliphatic carbocycles. The van der Waals surface area contributed by atoms with Crippen molar-refractivity contribution in [3.8, 4) is 11.3 Å². The van der Waals surface area contributed by atoms with Gasteiger partial charge in [0.1, 0.15) is 6.33 Å². The number of benzene rings is 1. The Hall–Kier alpha value is -3.66. The molecule has 4 N–H and O–H groups in total. The van der Waals surface area contributed by atoms with Crippen LogP contribution in [0.5, 0.6) is 0 Å². The number of aromatic nitrogens is 5. The number of nitrogens with two attached hydrogens (primary N) is 2. The summed E-state index contributed by atoms with van der Waals surface area (Å²) in [5.74, 6) is -1.55. The number of nitrogen functional groups attached to an aromatic ring is 1. The van der Waals surface area contributed by atoms with Gasteiger partial charge in [0.25, 0.3) is 0 Å². The number of fused-ring (bicyclic) bond motifs is 1. The molecule has 0 spiro atoms. The van der Waals surface area contributed by atoms with Gasteiger partial charge in [0, 0.05) is 36.7 Å². The van der Waals surface area contributed by atoms with Crippen LogP contribution < -0.4 is 16.4 Å². The Morgan fingerprint density at radius 1 is 1.03 bits per heavy atom. The third-order valence-corrected chi connectivity index (χ3v) is 5.76. The summed E-state index contributed by atoms with van der Waals surface area (Å²) in [7, 11) is 0. The van der Waals surface area contributed by atoms with Gasteiger partial charge < -0.3 is 16.4 Å². The lowest BCUT2D eigenvalue weighted by Gasteiger charge is -2.34. The topological polar surface area (TPSA) is 111 Å². The van der Waals surface area contributed by atoms with Gasteiger partial charge in [0.15, 0.2) is 17.3 Å². The van der Waals surface area contributed by atoms with Crippen LogP contribution in [-0.4, -0.2) is 43.7 Å². The number of hydrogen-bond donors (Lipinski definition) is 2. The van der Waals surface area contributed by atoms with Crippen molar-refractivity contribution >= 4 is 17.3 Å². The number of nitrogens with zero attached hydrogens (tertiary/aromatic N) is 6. The third kappa shape index (κ3) is 3.73. The van der Waals surface area contributed by atoms with Crippen LogP contribution in [0.25, 0.3) is 16.9 Å². The minimum atomic E-state index is -0.910. The van der Waals surface area contributed by atoms with E-state index in [9.17, 15) is 8.78 Å². The summed E-state index contributed by atoms with van der Waals surface area (Å²) in [5.41, 5.74) is 16.6. The van der Waals surface area contributed by atoms with E-state index >= 15 is 0 Å². The van der Waals surface area contributed by atoms with E-state index in [2.05, 4.69) is 25.0 Å². The van der Waals surface area contributed by atoms with E-state index in [4.69, 9.17) is 11.5 Å². The molecule has 1 fully saturated rings. The second-order valence-electron chi connectivity index (χ2n) is 7.99. The lowest BCUT2D eigenvalue weighted by atomic mass is 10.00. The van der Waals surface area contributed by atoms with Crippen LogP contribution in [0.3, 0.4) is 0 Å². The number of pyridine rings is 1. The average Bonchev–Trinajstić information content (AvgIpc) is 3.20. The number of hydrogen-bond acceptors (Lipinski definition) is 7. The van der Waals surface area contributed by atoms with Gasteiger partial charge in [-0.05, 0) is 42.7 Å². The van der Waals surface area contributed by atoms with Crippen LogP contribution >= 0.6 is 0 Å². The fourth-order valence-corrected chi connectivity index (χ4v) is 4.17. The number of piperidine rings is 1. The van der Waals surface area contributed by atoms with Gasteiger partial charge in [-0.1, -0.05) is 0 Å². The van der Waals surface area contributed by atoms with Crippen molar-refractivity contribution in [3.05, 3.63) is 65.7 Å². The normalized spacial score (nSPS) is 16.6. The zero-order chi connectivity index (χ0) is 22.2. The second kappa shape index (κ2) is 8.12. The lowest BCUT2D eigenvalue weighted by molar-refractivity contribution is 0.505. The molecular weight excluding hydrogens is 414 g/mol. The maximum Gasteiger partial charge on any atom is 0.224 e. The van der Waals surface area contributed by atoms with Crippen molar-refractivity contribution in [2.45, 2.75) is 25.3 Å². The molecule has 1 aliphatic heterocycles. The summed E-state index contributed by atoms with van der Waals surface area (Å²) in [6.45, 7) is 1.60. The van der Waals surface area contributed by atoms with Crippen molar-refractivity contribution in [1.82, 2.24) is 24.6 Å². The van der Waals surface area contributed by atoms with E-state index in [0.29, 0.717) is 23.3 Å². The summed E-state index contributed by atoms with van der Waals surface area (Å²) in [4.78, 5) is 15.1. The SMILES string of the molecule is Nc1ncnc2c(Cc3cc(-c4ccc(F)c(F)c4)ncc3N3CCC[C@@H](N)C3)cnn12. The van der Waals surface area contributed by atoms with Crippen LogP contribution in [0.2, 0.25) is 0 Å². The summed E-state index contributed by atoms with van der Waals surface area (Å²) < 4.78 is 28.7. The molecule has 0 amide bonds. The number of halogens is 2. The molecule has 3 aromatic heterocycles. The van der Waals surface area contributed by atoms with Crippen molar-refractivity contribution in [2.75, 3.05) is 23.7 Å². The Morgan fingerprint density at radius 2 is 1.91 bits per heavy atom. The Bertz CT molecular complexity index is 1290. The molecule has 0 unspecified atom stereocenters. The van der Waals surface area contributed by atoms with Gasteiger partial charge in [-0.3, -0.25) is 4.98 Å². The van der Waals surface area contributed by atoms with Crippen molar-refractivity contribution in [2.24, 2.45) is 5.73 Å². The molecule has 4 heterocycles. The third-order valence-electron chi connectivity index (χ3n) is 5.76. The van der Waals surface area contributed by atoms with Crippen LogP contribution in [0, 0.1) is 11.6 Å². The summed E-state index contributed by atoms with van der Waals surface area (Å²) in [6, 6.07) is 5.77. The van der Waals surface area contributed by atoms with Crippen molar-refractivity contribution in [1.29, 1.82) is 0 Å². The Kier molecular flexibility index (Phi) is 5.14. The highest BCUT2D eigenvalue weighted by atomic mass is 19.2. The summed E-state index contributed by atoms with van der Waals surface area (Å²) in [5, 5.41) is 4.30. The Morgan fingerprint density at radius 3 is 2.72 bits per heavy atom. The second-order valence-corrected chi connectivity index (χ2v) is 7.99. The molecule has 8 nitrogen and oxygen atoms in total. The molecule has 4 aromatic rings. The molecule has 5 rings (SSSR count). The molecule has 1 aliphatic rings. The zero-order valence-electron chi connectivity index (χ0n) is 17.2. The van der Waals surface area contributed by atoms with E-state index in [1.54, 1.807) is 12.4 Å². The smallest absolute Gasteiger partial charge is 0.224 e. The maximum atomic E-state index is 13.8. The lowest BCUT2D eigenvalue weighted by Crippen LogP contribution is -2.43. The Labute approximate surface area is 182 Å². The first-order chi connectivity index (χ1) is 15.5. The standard InChI is InChI=1S/C22H22F2N8/c23-17-4-3-13(7-18(17)24)19-8-14(20(10-27-19)31-5-1-2-16(25)11-31)6-15-9-30-32-21(15)28-12-29-22(32)26/h3-4,7-10,12,16H,1-2,5-6,11,25H2,(H2,26,28,29)/t16-/m1/s1. The van der Waals surface area contributed by atoms with Gasteiger partial charge in [-0.2, -0.15) is 9.61 Å². The quantitative estimate of drug-likeness (QED) is 0.506. The average molecular weight is 436 g/mol. The fraction of sp³-hybridized carbons (Fsp3) is 0.273. The van der Waals surface area contributed by atoms with Gasteiger partial charge in [0.2, 0.25) is 5.95 Å². The highest BCUT2D eigenvalue weighted by Gasteiger charge is 2.21. The van der Waals surface area contributed by atoms with E-state index in [-0.39, 0.29) is 12.0 Å². The molecule has 0 saturated carbocycles. The predicted octanol–water partition coefficient (Wildman–Crippen LogP) is 2.57. The minimum Gasteiger partial charge on any atom is -0.369 e. The molecule has 1 atom stereocenters. The van der Waals surface area contributed by atoms with E-state index in [0.717, 1.165) is 54.9 Å². The minimum absolute atomic E-state index is 0.0898. The van der Waals surface area contributed by atoms with Crippen LogP contribution in [0.15, 0.2) is 43.0 Å². The largest absolute Gasteiger partial charge is 0.369 e. The molecule has 1 aromatic carbocycles. The highest BCUT2D eigenvalue weighted by Crippen LogP contribution is 2.30. The Balaban J connectivity index is 1.59. The fourth-order valence-electron chi connectivity index (χ4n) is 4.17. The van der Waals surface area contributed by atoms with Gasteiger partial charge in [-0.25, -0.2) is 18.7 Å². The molecule has 32 heavy (non-hydrogen) atoms. The van der Waals surface area contributed by atoms with E-state index in [1.165, 1.54) is 16.9 Å². The summed E-state index contributed by atoms with van der Waals surface area (Å²) in [6.07, 6.45) is 7.37. The molecule has 0 radical (unpaired) electrons. The zero-order valence-corrected chi connectivity index (χ0v) is 17.2. The summed E-state index contributed by atoms with van der Waals surface area (Å²) >= 11 is 0. The predicted molar refractivity (Wildman–Crippen MR) is 117 cm³/mol. The monoisotopic (exact) mass is 436 g/mol. The van der Waals surface area contributed by atoms with Crippen molar-refractivity contribution in [3.63, 3.8) is 0 Å². The number of rotatable bonds is 4. The first-order valence-corrected chi connectivity index (χ1v) is 10.4. The molecule has 1 saturated heterocycles. The van der Waals surface area contributed by atoms with Crippen LogP contribution in [0.1, 0.15) is 24.0 Å². The van der Waals surface area contributed by atoms with E-state index < -0.39 is 11.6 Å². The van der Waals surface area contributed by atoms with Crippen molar-refractivity contribution < 1.29 is 8.78 Å². The highest BCUT2D eigenvalue weighted by molar-refractivity contribution is 5.66. The van der Waals surface area contributed by atoms with Gasteiger partial charge >= 0.3 is 0 Å². The number of anilines is 2. The van der Waals surface area contributed by atoms with Crippen LogP contribution in [-0.2, 0) is 6.42 Å². The van der Waals surface area contributed by atoms with Crippen LogP contribution in [0.4, 0.5) is 20.4 Å². The van der Waals surface area contributed by atoms with Gasteiger partial charge in [-0.15, -0.1) is 0 Å². The van der Waals surface area contributed by atoms with Gasteiger partial charge in [0.05, 0.1) is 23.8 Å². The molecule has 164 valence electrons. The molecule has 10 heteroatoms. The van der Waals surface area contributed by atoms with E-state index in [1.807, 2.05) is 6.07 Å². The first kappa shape index (κ1) is 20.3. The molecular formula is C22H22F2N8. The first-order valence-electron chi connectivity index (χ1n) is 10.4. The molecule has 0 bridgehead atoms.